The summed E-state index contributed by atoms with van der Waals surface area (Å²) in [5, 5.41) is 4.20. The van der Waals surface area contributed by atoms with Gasteiger partial charge in [-0.25, -0.2) is 9.97 Å². The first-order valence-corrected chi connectivity index (χ1v) is 10.1. The second kappa shape index (κ2) is 8.08. The van der Waals surface area contributed by atoms with Gasteiger partial charge in [0.15, 0.2) is 0 Å². The number of nitrogens with one attached hydrogen (secondary N) is 2. The molecule has 0 spiro atoms. The Morgan fingerprint density at radius 3 is 2.87 bits per heavy atom. The van der Waals surface area contributed by atoms with Crippen molar-refractivity contribution >= 4 is 40.4 Å². The summed E-state index contributed by atoms with van der Waals surface area (Å²) in [5.41, 5.74) is 4.02. The van der Waals surface area contributed by atoms with Gasteiger partial charge in [-0.3, -0.25) is 9.79 Å². The third-order valence-corrected chi connectivity index (χ3v) is 5.19. The van der Waals surface area contributed by atoms with Gasteiger partial charge in [0, 0.05) is 42.1 Å². The van der Waals surface area contributed by atoms with Gasteiger partial charge in [-0.1, -0.05) is 6.08 Å². The molecule has 3 aromatic rings. The van der Waals surface area contributed by atoms with Crippen molar-refractivity contribution in [3.05, 3.63) is 54.0 Å². The first kappa shape index (κ1) is 18.5. The van der Waals surface area contributed by atoms with Gasteiger partial charge in [-0.2, -0.15) is 0 Å². The number of carbonyl (C=O) groups excluding carboxylic acids is 1. The fourth-order valence-electron chi connectivity index (χ4n) is 3.63. The predicted octanol–water partition coefficient (Wildman–Crippen LogP) is 3.38. The van der Waals surface area contributed by atoms with Gasteiger partial charge in [-0.15, -0.1) is 0 Å². The zero-order valence-electron chi connectivity index (χ0n) is 16.5. The molecule has 1 saturated heterocycles. The largest absolute Gasteiger partial charge is 0.378 e. The molecule has 0 bridgehead atoms. The molecular formula is C22H22N6O2. The monoisotopic (exact) mass is 402 g/mol. The van der Waals surface area contributed by atoms with E-state index in [1.54, 1.807) is 6.20 Å². The van der Waals surface area contributed by atoms with E-state index in [1.807, 2.05) is 41.4 Å². The minimum Gasteiger partial charge on any atom is -0.378 e. The average molecular weight is 402 g/mol. The van der Waals surface area contributed by atoms with E-state index in [0.717, 1.165) is 40.8 Å². The third kappa shape index (κ3) is 3.81. The maximum Gasteiger partial charge on any atom is 0.270 e. The third-order valence-electron chi connectivity index (χ3n) is 5.19. The normalized spacial score (nSPS) is 16.5. The molecule has 0 atom stereocenters. The van der Waals surface area contributed by atoms with Gasteiger partial charge in [0.25, 0.3) is 5.91 Å². The quantitative estimate of drug-likeness (QED) is 0.698. The number of aromatic amines is 1. The lowest BCUT2D eigenvalue weighted by molar-refractivity contribution is 0.0299. The van der Waals surface area contributed by atoms with Crippen LogP contribution < -0.4 is 5.32 Å². The lowest BCUT2D eigenvalue weighted by Gasteiger charge is -2.26. The summed E-state index contributed by atoms with van der Waals surface area (Å²) in [4.78, 5) is 31.1. The van der Waals surface area contributed by atoms with Crippen LogP contribution in [0.2, 0.25) is 0 Å². The van der Waals surface area contributed by atoms with Crippen molar-refractivity contribution in [2.45, 2.75) is 12.8 Å². The zero-order valence-corrected chi connectivity index (χ0v) is 16.5. The summed E-state index contributed by atoms with van der Waals surface area (Å²) in [6.07, 6.45) is 7.67. The Morgan fingerprint density at radius 2 is 2.03 bits per heavy atom. The molecule has 4 heterocycles. The number of rotatable bonds is 4. The van der Waals surface area contributed by atoms with E-state index in [9.17, 15) is 4.79 Å². The number of carbonyl (C=O) groups is 1. The molecule has 0 unspecified atom stereocenters. The molecule has 2 aromatic heterocycles. The van der Waals surface area contributed by atoms with Gasteiger partial charge in [0.05, 0.1) is 24.6 Å². The van der Waals surface area contributed by atoms with Crippen LogP contribution in [0.15, 0.2) is 47.6 Å². The maximum absolute atomic E-state index is 12.7. The van der Waals surface area contributed by atoms with Crippen molar-refractivity contribution in [3.63, 3.8) is 0 Å². The highest BCUT2D eigenvalue weighted by Crippen LogP contribution is 2.24. The fraction of sp³-hybridized carbons (Fsp3) is 0.273. The van der Waals surface area contributed by atoms with Crippen LogP contribution in [0.4, 0.5) is 11.6 Å². The number of aliphatic imine (C=N–C) groups is 1. The molecule has 0 saturated carbocycles. The van der Waals surface area contributed by atoms with E-state index in [-0.39, 0.29) is 5.91 Å². The summed E-state index contributed by atoms with van der Waals surface area (Å²) in [6, 6.07) is 9.62. The molecule has 1 amide bonds. The molecule has 0 radical (unpaired) electrons. The van der Waals surface area contributed by atoms with E-state index < -0.39 is 0 Å². The molecule has 8 nitrogen and oxygen atoms in total. The number of H-pyrrole nitrogens is 1. The molecule has 8 heteroatoms. The van der Waals surface area contributed by atoms with Crippen molar-refractivity contribution in [1.82, 2.24) is 19.9 Å². The molecule has 1 aromatic carbocycles. The number of nitrogens with zero attached hydrogens (tertiary/aromatic N) is 4. The number of hydrogen-bond acceptors (Lipinski definition) is 6. The molecule has 0 aliphatic carbocycles. The number of ether oxygens (including phenoxy) is 1. The van der Waals surface area contributed by atoms with Crippen molar-refractivity contribution in [3.8, 4) is 0 Å². The Morgan fingerprint density at radius 1 is 1.13 bits per heavy atom. The van der Waals surface area contributed by atoms with E-state index in [0.29, 0.717) is 37.9 Å². The molecule has 1 fully saturated rings. The Labute approximate surface area is 173 Å². The topological polar surface area (TPSA) is 95.5 Å². The number of benzene rings is 1. The molecule has 2 aliphatic rings. The molecular weight excluding hydrogens is 380 g/mol. The zero-order chi connectivity index (χ0) is 20.3. The molecule has 2 N–H and O–H groups in total. The maximum atomic E-state index is 12.7. The Kier molecular flexibility index (Phi) is 4.98. The lowest BCUT2D eigenvalue weighted by atomic mass is 10.2. The van der Waals surface area contributed by atoms with Crippen LogP contribution in [0.3, 0.4) is 0 Å². The first-order valence-electron chi connectivity index (χ1n) is 10.1. The summed E-state index contributed by atoms with van der Waals surface area (Å²) in [7, 11) is 0. The van der Waals surface area contributed by atoms with Gasteiger partial charge < -0.3 is 19.9 Å². The van der Waals surface area contributed by atoms with Crippen LogP contribution >= 0.6 is 0 Å². The number of aromatic nitrogens is 3. The second-order valence-electron chi connectivity index (χ2n) is 7.26. The van der Waals surface area contributed by atoms with Crippen LogP contribution in [0.1, 0.15) is 29.0 Å². The number of anilines is 2. The van der Waals surface area contributed by atoms with Gasteiger partial charge >= 0.3 is 0 Å². The fourth-order valence-corrected chi connectivity index (χ4v) is 3.63. The van der Waals surface area contributed by atoms with Crippen molar-refractivity contribution in [1.29, 1.82) is 0 Å². The van der Waals surface area contributed by atoms with Gasteiger partial charge in [-0.05, 0) is 43.2 Å². The van der Waals surface area contributed by atoms with Gasteiger partial charge in [0.2, 0.25) is 5.95 Å². The summed E-state index contributed by atoms with van der Waals surface area (Å²) in [6.45, 7) is 2.41. The molecule has 5 rings (SSSR count). The highest BCUT2D eigenvalue weighted by Gasteiger charge is 2.20. The summed E-state index contributed by atoms with van der Waals surface area (Å²) >= 11 is 0. The predicted molar refractivity (Wildman–Crippen MR) is 116 cm³/mol. The Bertz CT molecular complexity index is 1140. The minimum absolute atomic E-state index is 0.00125. The van der Waals surface area contributed by atoms with E-state index in [4.69, 9.17) is 4.74 Å². The number of allylic oxidation sites excluding steroid dienone is 1. The number of hydrogen-bond donors (Lipinski definition) is 2. The highest BCUT2D eigenvalue weighted by atomic mass is 16.5. The average Bonchev–Trinajstić information content (AvgIpc) is 3.23. The molecule has 2 aliphatic heterocycles. The van der Waals surface area contributed by atoms with Crippen LogP contribution in [0.25, 0.3) is 16.6 Å². The van der Waals surface area contributed by atoms with Crippen molar-refractivity contribution in [2.75, 3.05) is 31.6 Å². The van der Waals surface area contributed by atoms with E-state index in [2.05, 4.69) is 31.3 Å². The summed E-state index contributed by atoms with van der Waals surface area (Å²) in [5.74, 6) is 0.509. The van der Waals surface area contributed by atoms with Crippen LogP contribution in [0.5, 0.6) is 0 Å². The lowest BCUT2D eigenvalue weighted by Crippen LogP contribution is -2.40. The number of morpholine rings is 1. The van der Waals surface area contributed by atoms with Gasteiger partial charge in [0.1, 0.15) is 5.69 Å². The van der Waals surface area contributed by atoms with Crippen molar-refractivity contribution in [2.24, 2.45) is 4.99 Å². The molecule has 30 heavy (non-hydrogen) atoms. The number of amides is 1. The van der Waals surface area contributed by atoms with E-state index >= 15 is 0 Å². The summed E-state index contributed by atoms with van der Waals surface area (Å²) < 4.78 is 5.33. The highest BCUT2D eigenvalue weighted by molar-refractivity contribution is 5.98. The smallest absolute Gasteiger partial charge is 0.270 e. The first-order chi connectivity index (χ1) is 14.8. The van der Waals surface area contributed by atoms with Crippen molar-refractivity contribution < 1.29 is 9.53 Å². The van der Waals surface area contributed by atoms with E-state index in [1.165, 1.54) is 0 Å². The second-order valence-corrected chi connectivity index (χ2v) is 7.26. The van der Waals surface area contributed by atoms with Crippen LogP contribution in [0, 0.1) is 0 Å². The molecule has 152 valence electrons. The van der Waals surface area contributed by atoms with Crippen LogP contribution in [-0.4, -0.2) is 58.3 Å². The number of fused-ring (bicyclic) bond motifs is 1. The standard InChI is InChI=1S/C22H22N6O2/c29-21(28-9-11-30-12-10-28)20-14-15-13-16(4-5-17(15)26-20)25-22-24-8-6-19(27-22)18-3-1-2-7-23-18/h3-8,13-14,26H,1-2,9-12H2,(H,24,25,27). The minimum atomic E-state index is 0.00125. The van der Waals surface area contributed by atoms with Crippen LogP contribution in [-0.2, 0) is 4.74 Å². The Hall–Kier alpha value is -3.52. The SMILES string of the molecule is O=C(c1cc2cc(Nc3nccc(C4=CCCC=N4)n3)ccc2[nH]1)N1CCOCC1. The Balaban J connectivity index is 1.36.